The van der Waals surface area contributed by atoms with Crippen molar-refractivity contribution in [1.82, 2.24) is 15.5 Å². The summed E-state index contributed by atoms with van der Waals surface area (Å²) in [6, 6.07) is 14.4. The van der Waals surface area contributed by atoms with Gasteiger partial charge >= 0.3 is 6.03 Å². The molecule has 1 heterocycles. The number of urea groups is 1. The molecule has 2 aromatic rings. The van der Waals surface area contributed by atoms with E-state index in [0.29, 0.717) is 31.6 Å². The van der Waals surface area contributed by atoms with Crippen LogP contribution in [0, 0.1) is 18.7 Å². The molecule has 3 amide bonds. The third kappa shape index (κ3) is 6.54. The SMILES string of the molecule is CCCCNC(=O)N1CC(C(=O)NCc2cccc(F)c2)CC(c2cccc(C)c2)C1. The minimum Gasteiger partial charge on any atom is -0.352 e. The summed E-state index contributed by atoms with van der Waals surface area (Å²) in [5, 5.41) is 5.90. The molecule has 1 aliphatic heterocycles. The van der Waals surface area contributed by atoms with Crippen molar-refractivity contribution in [2.45, 2.75) is 45.6 Å². The molecular weight excluding hydrogens is 393 g/mol. The number of halogens is 1. The van der Waals surface area contributed by atoms with Gasteiger partial charge in [-0.25, -0.2) is 9.18 Å². The molecule has 3 rings (SSSR count). The minimum absolute atomic E-state index is 0.0931. The highest BCUT2D eigenvalue weighted by Gasteiger charge is 2.34. The Morgan fingerprint density at radius 3 is 2.65 bits per heavy atom. The summed E-state index contributed by atoms with van der Waals surface area (Å²) >= 11 is 0. The fraction of sp³-hybridized carbons (Fsp3) is 0.440. The molecule has 2 N–H and O–H groups in total. The first kappa shape index (κ1) is 22.8. The number of likely N-dealkylation sites (tertiary alicyclic amines) is 1. The molecule has 5 nitrogen and oxygen atoms in total. The number of carbonyl (C=O) groups is 2. The van der Waals surface area contributed by atoms with Crippen molar-refractivity contribution in [3.05, 3.63) is 71.0 Å². The lowest BCUT2D eigenvalue weighted by atomic mass is 9.83. The first-order chi connectivity index (χ1) is 15.0. The Morgan fingerprint density at radius 1 is 1.10 bits per heavy atom. The number of hydrogen-bond donors (Lipinski definition) is 2. The lowest BCUT2D eigenvalue weighted by molar-refractivity contribution is -0.126. The molecule has 0 aromatic heterocycles. The van der Waals surface area contributed by atoms with Gasteiger partial charge in [-0.3, -0.25) is 4.79 Å². The monoisotopic (exact) mass is 425 g/mol. The number of nitrogens with zero attached hydrogens (tertiary/aromatic N) is 1. The lowest BCUT2D eigenvalue weighted by Gasteiger charge is -2.37. The number of rotatable bonds is 7. The number of benzene rings is 2. The zero-order valence-electron chi connectivity index (χ0n) is 18.4. The predicted octanol–water partition coefficient (Wildman–Crippen LogP) is 4.37. The van der Waals surface area contributed by atoms with Crippen molar-refractivity contribution in [3.8, 4) is 0 Å². The van der Waals surface area contributed by atoms with Crippen LogP contribution in [-0.4, -0.2) is 36.5 Å². The van der Waals surface area contributed by atoms with Gasteiger partial charge in [0, 0.05) is 32.1 Å². The van der Waals surface area contributed by atoms with Crippen molar-refractivity contribution in [2.24, 2.45) is 5.92 Å². The van der Waals surface area contributed by atoms with E-state index in [2.05, 4.69) is 29.7 Å². The number of carbonyl (C=O) groups excluding carboxylic acids is 2. The number of piperidine rings is 1. The highest BCUT2D eigenvalue weighted by Crippen LogP contribution is 2.31. The Labute approximate surface area is 184 Å². The van der Waals surface area contributed by atoms with E-state index in [-0.39, 0.29) is 36.1 Å². The highest BCUT2D eigenvalue weighted by atomic mass is 19.1. The molecule has 31 heavy (non-hydrogen) atoms. The molecule has 2 atom stereocenters. The molecular formula is C25H32FN3O2. The molecule has 0 saturated carbocycles. The molecule has 1 aliphatic rings. The molecule has 0 radical (unpaired) electrons. The Morgan fingerprint density at radius 2 is 1.90 bits per heavy atom. The average Bonchev–Trinajstić information content (AvgIpc) is 2.77. The van der Waals surface area contributed by atoms with Gasteiger partial charge in [0.25, 0.3) is 0 Å². The summed E-state index contributed by atoms with van der Waals surface area (Å²) in [7, 11) is 0. The molecule has 0 spiro atoms. The lowest BCUT2D eigenvalue weighted by Crippen LogP contribution is -2.51. The third-order valence-corrected chi connectivity index (χ3v) is 5.78. The van der Waals surface area contributed by atoms with Crippen molar-refractivity contribution >= 4 is 11.9 Å². The van der Waals surface area contributed by atoms with Gasteiger partial charge in [-0.05, 0) is 43.0 Å². The second-order valence-corrected chi connectivity index (χ2v) is 8.38. The van der Waals surface area contributed by atoms with E-state index >= 15 is 0 Å². The van der Waals surface area contributed by atoms with Crippen molar-refractivity contribution in [1.29, 1.82) is 0 Å². The first-order valence-electron chi connectivity index (χ1n) is 11.1. The fourth-order valence-electron chi connectivity index (χ4n) is 4.08. The summed E-state index contributed by atoms with van der Waals surface area (Å²) in [5.41, 5.74) is 3.02. The number of aryl methyl sites for hydroxylation is 1. The van der Waals surface area contributed by atoms with E-state index in [0.717, 1.165) is 24.0 Å². The van der Waals surface area contributed by atoms with Gasteiger partial charge in [0.1, 0.15) is 5.82 Å². The predicted molar refractivity (Wildman–Crippen MR) is 120 cm³/mol. The van der Waals surface area contributed by atoms with Crippen LogP contribution < -0.4 is 10.6 Å². The molecule has 0 bridgehead atoms. The zero-order chi connectivity index (χ0) is 22.2. The van der Waals surface area contributed by atoms with E-state index in [4.69, 9.17) is 0 Å². The van der Waals surface area contributed by atoms with Crippen LogP contribution in [0.4, 0.5) is 9.18 Å². The molecule has 166 valence electrons. The van der Waals surface area contributed by atoms with E-state index in [1.807, 2.05) is 19.1 Å². The maximum atomic E-state index is 13.4. The maximum absolute atomic E-state index is 13.4. The van der Waals surface area contributed by atoms with Crippen LogP contribution in [-0.2, 0) is 11.3 Å². The third-order valence-electron chi connectivity index (χ3n) is 5.78. The number of amides is 3. The van der Waals surface area contributed by atoms with Gasteiger partial charge in [-0.15, -0.1) is 0 Å². The van der Waals surface area contributed by atoms with Gasteiger partial charge in [0.2, 0.25) is 5.91 Å². The van der Waals surface area contributed by atoms with Crippen LogP contribution in [0.3, 0.4) is 0 Å². The van der Waals surface area contributed by atoms with Crippen molar-refractivity contribution < 1.29 is 14.0 Å². The van der Waals surface area contributed by atoms with E-state index < -0.39 is 0 Å². The molecule has 1 saturated heterocycles. The molecule has 2 unspecified atom stereocenters. The Hall–Kier alpha value is -2.89. The van der Waals surface area contributed by atoms with Crippen molar-refractivity contribution in [2.75, 3.05) is 19.6 Å². The Bertz CT molecular complexity index is 902. The van der Waals surface area contributed by atoms with Gasteiger partial charge in [0.05, 0.1) is 5.92 Å². The number of unbranched alkanes of at least 4 members (excludes halogenated alkanes) is 1. The smallest absolute Gasteiger partial charge is 0.317 e. The Kier molecular flexibility index (Phi) is 8.04. The molecule has 6 heteroatoms. The van der Waals surface area contributed by atoms with Crippen LogP contribution in [0.1, 0.15) is 48.8 Å². The Balaban J connectivity index is 1.70. The fourth-order valence-corrected chi connectivity index (χ4v) is 4.08. The molecule has 0 aliphatic carbocycles. The first-order valence-corrected chi connectivity index (χ1v) is 11.1. The van der Waals surface area contributed by atoms with Crippen LogP contribution in [0.2, 0.25) is 0 Å². The summed E-state index contributed by atoms with van der Waals surface area (Å²) in [5.74, 6) is -0.646. The summed E-state index contributed by atoms with van der Waals surface area (Å²) < 4.78 is 13.4. The van der Waals surface area contributed by atoms with Gasteiger partial charge < -0.3 is 15.5 Å². The quantitative estimate of drug-likeness (QED) is 0.648. The second kappa shape index (κ2) is 10.9. The second-order valence-electron chi connectivity index (χ2n) is 8.38. The average molecular weight is 426 g/mol. The standard InChI is InChI=1S/C25H32FN3O2/c1-3-4-11-27-25(31)29-16-21(20-9-5-7-18(2)12-20)14-22(17-29)24(30)28-15-19-8-6-10-23(26)13-19/h5-10,12-13,21-22H,3-4,11,14-17H2,1-2H3,(H,27,31)(H,28,30). The number of nitrogens with one attached hydrogen (secondary N) is 2. The normalized spacial score (nSPS) is 18.5. The summed E-state index contributed by atoms with van der Waals surface area (Å²) in [4.78, 5) is 27.5. The minimum atomic E-state index is -0.321. The summed E-state index contributed by atoms with van der Waals surface area (Å²) in [6.07, 6.45) is 2.62. The summed E-state index contributed by atoms with van der Waals surface area (Å²) in [6.45, 7) is 6.01. The van der Waals surface area contributed by atoms with Crippen LogP contribution >= 0.6 is 0 Å². The largest absolute Gasteiger partial charge is 0.352 e. The van der Waals surface area contributed by atoms with Gasteiger partial charge in [-0.2, -0.15) is 0 Å². The topological polar surface area (TPSA) is 61.4 Å². The zero-order valence-corrected chi connectivity index (χ0v) is 18.4. The van der Waals surface area contributed by atoms with Gasteiger partial charge in [0.15, 0.2) is 0 Å². The maximum Gasteiger partial charge on any atom is 0.317 e. The van der Waals surface area contributed by atoms with E-state index in [1.54, 1.807) is 17.0 Å². The van der Waals surface area contributed by atoms with Crippen molar-refractivity contribution in [3.63, 3.8) is 0 Å². The highest BCUT2D eigenvalue weighted by molar-refractivity contribution is 5.81. The van der Waals surface area contributed by atoms with Crippen LogP contribution in [0.15, 0.2) is 48.5 Å². The number of hydrogen-bond acceptors (Lipinski definition) is 2. The molecule has 2 aromatic carbocycles. The molecule has 1 fully saturated rings. The van der Waals surface area contributed by atoms with Crippen LogP contribution in [0.25, 0.3) is 0 Å². The van der Waals surface area contributed by atoms with E-state index in [1.165, 1.54) is 12.1 Å². The van der Waals surface area contributed by atoms with Gasteiger partial charge in [-0.1, -0.05) is 55.3 Å². The van der Waals surface area contributed by atoms with Crippen LogP contribution in [0.5, 0.6) is 0 Å². The van der Waals surface area contributed by atoms with E-state index in [9.17, 15) is 14.0 Å².